The topological polar surface area (TPSA) is 41.6 Å². The monoisotopic (exact) mass is 324 g/mol. The molecule has 1 aliphatic rings. The number of benzene rings is 2. The van der Waals surface area contributed by atoms with Gasteiger partial charge in [-0.3, -0.25) is 4.79 Å². The van der Waals surface area contributed by atoms with E-state index >= 15 is 0 Å². The van der Waals surface area contributed by atoms with E-state index in [4.69, 9.17) is 4.74 Å². The lowest BCUT2D eigenvalue weighted by Crippen LogP contribution is -2.46. The Balaban J connectivity index is 1.77. The summed E-state index contributed by atoms with van der Waals surface area (Å²) in [7, 11) is 1.63. The Labute approximate surface area is 143 Å². The molecular formula is C20H24N2O2. The van der Waals surface area contributed by atoms with Gasteiger partial charge in [-0.15, -0.1) is 0 Å². The Morgan fingerprint density at radius 3 is 2.67 bits per heavy atom. The number of fused-ring (bicyclic) bond motifs is 1. The zero-order valence-electron chi connectivity index (χ0n) is 14.3. The summed E-state index contributed by atoms with van der Waals surface area (Å²) < 4.78 is 5.16. The molecule has 0 bridgehead atoms. The van der Waals surface area contributed by atoms with E-state index in [-0.39, 0.29) is 11.9 Å². The van der Waals surface area contributed by atoms with Crippen LogP contribution in [0.5, 0.6) is 5.75 Å². The standard InChI is InChI=1S/C20H24N2O2/c1-3-18(20(23)21-16-10-12-17(24-2)13-11-16)22-14-6-8-15-7-4-5-9-19(15)22/h4-5,7,9-13,18H,3,6,8,14H2,1-2H3,(H,21,23). The van der Waals surface area contributed by atoms with Gasteiger partial charge in [0.1, 0.15) is 11.8 Å². The van der Waals surface area contributed by atoms with E-state index in [1.807, 2.05) is 30.3 Å². The van der Waals surface area contributed by atoms with Gasteiger partial charge < -0.3 is 15.0 Å². The second-order valence-electron chi connectivity index (χ2n) is 6.07. The second-order valence-corrected chi connectivity index (χ2v) is 6.07. The van der Waals surface area contributed by atoms with Gasteiger partial charge in [0, 0.05) is 17.9 Å². The zero-order valence-corrected chi connectivity index (χ0v) is 14.3. The summed E-state index contributed by atoms with van der Waals surface area (Å²) in [5, 5.41) is 3.04. The SMILES string of the molecule is CCC(C(=O)Nc1ccc(OC)cc1)N1CCCc2ccccc21. The summed E-state index contributed by atoms with van der Waals surface area (Å²) in [5.41, 5.74) is 3.32. The van der Waals surface area contributed by atoms with Crippen molar-refractivity contribution in [2.45, 2.75) is 32.2 Å². The molecule has 1 atom stereocenters. The zero-order chi connectivity index (χ0) is 16.9. The highest BCUT2D eigenvalue weighted by Gasteiger charge is 2.28. The Kier molecular flexibility index (Phi) is 5.04. The van der Waals surface area contributed by atoms with Crippen LogP contribution in [0.1, 0.15) is 25.3 Å². The summed E-state index contributed by atoms with van der Waals surface area (Å²) in [5.74, 6) is 0.823. The fraction of sp³-hybridized carbons (Fsp3) is 0.350. The van der Waals surface area contributed by atoms with Gasteiger partial charge in [0.2, 0.25) is 5.91 Å². The molecule has 4 nitrogen and oxygen atoms in total. The number of rotatable bonds is 5. The molecule has 1 unspecified atom stereocenters. The number of methoxy groups -OCH3 is 1. The van der Waals surface area contributed by atoms with E-state index in [9.17, 15) is 4.79 Å². The Hall–Kier alpha value is -2.49. The Morgan fingerprint density at radius 2 is 1.96 bits per heavy atom. The molecule has 1 aliphatic heterocycles. The quantitative estimate of drug-likeness (QED) is 0.908. The number of nitrogens with one attached hydrogen (secondary N) is 1. The molecule has 1 N–H and O–H groups in total. The van der Waals surface area contributed by atoms with Crippen LogP contribution in [-0.2, 0) is 11.2 Å². The first-order valence-corrected chi connectivity index (χ1v) is 8.52. The van der Waals surface area contributed by atoms with Gasteiger partial charge >= 0.3 is 0 Å². The number of para-hydroxylation sites is 1. The van der Waals surface area contributed by atoms with Crippen LogP contribution < -0.4 is 15.0 Å². The van der Waals surface area contributed by atoms with Crippen molar-refractivity contribution in [3.63, 3.8) is 0 Å². The lowest BCUT2D eigenvalue weighted by molar-refractivity contribution is -0.117. The molecule has 0 aliphatic carbocycles. The first-order valence-electron chi connectivity index (χ1n) is 8.52. The average molecular weight is 324 g/mol. The maximum Gasteiger partial charge on any atom is 0.247 e. The third kappa shape index (κ3) is 3.37. The molecule has 4 heteroatoms. The normalized spacial score (nSPS) is 14.7. The smallest absolute Gasteiger partial charge is 0.247 e. The van der Waals surface area contributed by atoms with Crippen molar-refractivity contribution in [2.24, 2.45) is 0 Å². The molecule has 0 radical (unpaired) electrons. The van der Waals surface area contributed by atoms with Crippen LogP contribution >= 0.6 is 0 Å². The van der Waals surface area contributed by atoms with Crippen LogP contribution in [0.4, 0.5) is 11.4 Å². The molecule has 3 rings (SSSR count). The molecule has 0 spiro atoms. The van der Waals surface area contributed by atoms with E-state index in [1.54, 1.807) is 7.11 Å². The molecule has 0 fully saturated rings. The van der Waals surface area contributed by atoms with E-state index in [0.717, 1.165) is 37.2 Å². The number of nitrogens with zero attached hydrogens (tertiary/aromatic N) is 1. The molecule has 0 saturated carbocycles. The van der Waals surface area contributed by atoms with Crippen molar-refractivity contribution >= 4 is 17.3 Å². The van der Waals surface area contributed by atoms with Gasteiger partial charge in [-0.25, -0.2) is 0 Å². The van der Waals surface area contributed by atoms with Crippen molar-refractivity contribution in [1.82, 2.24) is 0 Å². The number of anilines is 2. The highest BCUT2D eigenvalue weighted by atomic mass is 16.5. The minimum atomic E-state index is -0.159. The molecule has 126 valence electrons. The van der Waals surface area contributed by atoms with Gasteiger partial charge in [0.05, 0.1) is 7.11 Å². The average Bonchev–Trinajstić information content (AvgIpc) is 2.63. The third-order valence-electron chi connectivity index (χ3n) is 4.57. The predicted octanol–water partition coefficient (Wildman–Crippen LogP) is 3.87. The van der Waals surface area contributed by atoms with E-state index in [2.05, 4.69) is 35.3 Å². The maximum atomic E-state index is 12.8. The molecule has 1 heterocycles. The minimum Gasteiger partial charge on any atom is -0.497 e. The summed E-state index contributed by atoms with van der Waals surface area (Å²) >= 11 is 0. The lowest BCUT2D eigenvalue weighted by Gasteiger charge is -2.36. The molecule has 1 amide bonds. The van der Waals surface area contributed by atoms with Gasteiger partial charge in [-0.1, -0.05) is 25.1 Å². The van der Waals surface area contributed by atoms with Crippen LogP contribution in [0.25, 0.3) is 0 Å². The van der Waals surface area contributed by atoms with Crippen LogP contribution in [0.3, 0.4) is 0 Å². The minimum absolute atomic E-state index is 0.0411. The van der Waals surface area contributed by atoms with Crippen LogP contribution in [0.15, 0.2) is 48.5 Å². The maximum absolute atomic E-state index is 12.8. The van der Waals surface area contributed by atoms with Crippen molar-refractivity contribution in [3.05, 3.63) is 54.1 Å². The fourth-order valence-electron chi connectivity index (χ4n) is 3.33. The molecule has 0 saturated heterocycles. The summed E-state index contributed by atoms with van der Waals surface area (Å²) in [6.45, 7) is 2.99. The number of carbonyl (C=O) groups is 1. The van der Waals surface area contributed by atoms with Crippen LogP contribution in [0.2, 0.25) is 0 Å². The fourth-order valence-corrected chi connectivity index (χ4v) is 3.33. The number of hydrogen-bond acceptors (Lipinski definition) is 3. The molecular weight excluding hydrogens is 300 g/mol. The second kappa shape index (κ2) is 7.39. The van der Waals surface area contributed by atoms with E-state index in [0.29, 0.717) is 0 Å². The summed E-state index contributed by atoms with van der Waals surface area (Å²) in [4.78, 5) is 15.1. The summed E-state index contributed by atoms with van der Waals surface area (Å²) in [6.07, 6.45) is 2.95. The first kappa shape index (κ1) is 16.4. The Morgan fingerprint density at radius 1 is 1.21 bits per heavy atom. The number of amides is 1. The van der Waals surface area contributed by atoms with E-state index < -0.39 is 0 Å². The van der Waals surface area contributed by atoms with Crippen molar-refractivity contribution in [3.8, 4) is 5.75 Å². The van der Waals surface area contributed by atoms with Crippen molar-refractivity contribution in [1.29, 1.82) is 0 Å². The number of aryl methyl sites for hydroxylation is 1. The van der Waals surface area contributed by atoms with Crippen LogP contribution in [-0.4, -0.2) is 25.6 Å². The lowest BCUT2D eigenvalue weighted by atomic mass is 9.99. The molecule has 24 heavy (non-hydrogen) atoms. The first-order chi connectivity index (χ1) is 11.7. The number of hydrogen-bond donors (Lipinski definition) is 1. The Bertz CT molecular complexity index is 697. The van der Waals surface area contributed by atoms with Crippen LogP contribution in [0, 0.1) is 0 Å². The summed E-state index contributed by atoms with van der Waals surface area (Å²) in [6, 6.07) is 15.7. The largest absolute Gasteiger partial charge is 0.497 e. The van der Waals surface area contributed by atoms with Gasteiger partial charge in [-0.2, -0.15) is 0 Å². The van der Waals surface area contributed by atoms with Gasteiger partial charge in [-0.05, 0) is 55.2 Å². The van der Waals surface area contributed by atoms with Crippen molar-refractivity contribution < 1.29 is 9.53 Å². The highest BCUT2D eigenvalue weighted by Crippen LogP contribution is 2.29. The highest BCUT2D eigenvalue weighted by molar-refractivity contribution is 5.97. The molecule has 0 aromatic heterocycles. The number of carbonyl (C=O) groups excluding carboxylic acids is 1. The third-order valence-corrected chi connectivity index (χ3v) is 4.57. The van der Waals surface area contributed by atoms with Crippen molar-refractivity contribution in [2.75, 3.05) is 23.9 Å². The van der Waals surface area contributed by atoms with Gasteiger partial charge in [0.25, 0.3) is 0 Å². The molecule has 2 aromatic rings. The van der Waals surface area contributed by atoms with Gasteiger partial charge in [0.15, 0.2) is 0 Å². The molecule has 2 aromatic carbocycles. The van der Waals surface area contributed by atoms with E-state index in [1.165, 1.54) is 11.3 Å². The number of ether oxygens (including phenoxy) is 1. The predicted molar refractivity (Wildman–Crippen MR) is 97.8 cm³/mol.